The lowest BCUT2D eigenvalue weighted by Gasteiger charge is -2.29. The Kier molecular flexibility index (Phi) is 1.10. The van der Waals surface area contributed by atoms with Crippen LogP contribution in [0.5, 0.6) is 0 Å². The lowest BCUT2D eigenvalue weighted by Crippen LogP contribution is -2.42. The normalized spacial score (nSPS) is 31.7. The van der Waals surface area contributed by atoms with Crippen LogP contribution in [0.2, 0.25) is 0 Å². The minimum absolute atomic E-state index is 0.784. The quantitative estimate of drug-likeness (QED) is 0.588. The average molecular weight is 125 g/mol. The van der Waals surface area contributed by atoms with E-state index in [1.165, 1.54) is 32.4 Å². The third-order valence-corrected chi connectivity index (χ3v) is 2.75. The summed E-state index contributed by atoms with van der Waals surface area (Å²) >= 11 is 0. The Morgan fingerprint density at radius 1 is 1.44 bits per heavy atom. The zero-order chi connectivity index (χ0) is 6.32. The van der Waals surface area contributed by atoms with E-state index < -0.39 is 0 Å². The molecule has 0 aromatic rings. The molecule has 2 fully saturated rings. The lowest BCUT2D eigenvalue weighted by molar-refractivity contribution is 0.274. The van der Waals surface area contributed by atoms with Gasteiger partial charge in [-0.15, -0.1) is 0 Å². The molecule has 0 spiro atoms. The lowest BCUT2D eigenvalue weighted by atomic mass is 9.89. The van der Waals surface area contributed by atoms with E-state index in [2.05, 4.69) is 12.2 Å². The Balaban J connectivity index is 1.76. The first-order valence-electron chi connectivity index (χ1n) is 3.99. The number of hydrogen-bond donors (Lipinski definition) is 1. The zero-order valence-corrected chi connectivity index (χ0v) is 6.11. The predicted octanol–water partition coefficient (Wildman–Crippen LogP) is 1.40. The van der Waals surface area contributed by atoms with Crippen LogP contribution in [0.4, 0.5) is 0 Å². The van der Waals surface area contributed by atoms with E-state index in [-0.39, 0.29) is 0 Å². The maximum absolute atomic E-state index is 3.31. The first-order chi connectivity index (χ1) is 4.29. The van der Waals surface area contributed by atoms with Crippen molar-refractivity contribution in [3.05, 3.63) is 0 Å². The zero-order valence-electron chi connectivity index (χ0n) is 6.11. The summed E-state index contributed by atoms with van der Waals surface area (Å²) in [7, 11) is 0. The highest BCUT2D eigenvalue weighted by atomic mass is 14.9. The summed E-state index contributed by atoms with van der Waals surface area (Å²) in [5.41, 5.74) is 0.784. The van der Waals surface area contributed by atoms with Gasteiger partial charge in [0, 0.05) is 0 Å². The first kappa shape index (κ1) is 5.72. The third kappa shape index (κ3) is 1.11. The largest absolute Gasteiger partial charge is 0.316 e. The first-order valence-corrected chi connectivity index (χ1v) is 3.99. The Hall–Kier alpha value is -0.0400. The van der Waals surface area contributed by atoms with E-state index in [9.17, 15) is 0 Å². The molecule has 1 aliphatic carbocycles. The highest BCUT2D eigenvalue weighted by molar-refractivity contribution is 4.93. The monoisotopic (exact) mass is 125 g/mol. The van der Waals surface area contributed by atoms with Crippen molar-refractivity contribution >= 4 is 0 Å². The van der Waals surface area contributed by atoms with E-state index in [1.54, 1.807) is 0 Å². The summed E-state index contributed by atoms with van der Waals surface area (Å²) in [6.45, 7) is 5.00. The fourth-order valence-corrected chi connectivity index (χ4v) is 1.61. The van der Waals surface area contributed by atoms with Gasteiger partial charge < -0.3 is 5.32 Å². The second-order valence-corrected chi connectivity index (χ2v) is 4.04. The van der Waals surface area contributed by atoms with Crippen molar-refractivity contribution in [2.24, 2.45) is 11.3 Å². The van der Waals surface area contributed by atoms with Gasteiger partial charge in [-0.3, -0.25) is 0 Å². The molecule has 1 aliphatic heterocycles. The summed E-state index contributed by atoms with van der Waals surface area (Å²) in [5, 5.41) is 3.31. The Bertz CT molecular complexity index is 112. The van der Waals surface area contributed by atoms with E-state index in [0.29, 0.717) is 0 Å². The molecule has 1 heterocycles. The summed E-state index contributed by atoms with van der Waals surface area (Å²) in [6, 6.07) is 0. The van der Waals surface area contributed by atoms with Gasteiger partial charge in [-0.25, -0.2) is 0 Å². The van der Waals surface area contributed by atoms with Crippen molar-refractivity contribution in [3.63, 3.8) is 0 Å². The molecule has 1 saturated heterocycles. The smallest absolute Gasteiger partial charge is 0.000805 e. The van der Waals surface area contributed by atoms with Crippen LogP contribution in [-0.4, -0.2) is 13.1 Å². The second-order valence-electron chi connectivity index (χ2n) is 4.04. The molecule has 0 aromatic heterocycles. The van der Waals surface area contributed by atoms with Crippen molar-refractivity contribution < 1.29 is 0 Å². The minimum atomic E-state index is 0.784. The van der Waals surface area contributed by atoms with E-state index in [0.717, 1.165) is 11.3 Å². The number of hydrogen-bond acceptors (Lipinski definition) is 1. The van der Waals surface area contributed by atoms with Gasteiger partial charge in [-0.05, 0) is 43.7 Å². The highest BCUT2D eigenvalue weighted by Crippen LogP contribution is 2.50. The summed E-state index contributed by atoms with van der Waals surface area (Å²) < 4.78 is 0. The van der Waals surface area contributed by atoms with Gasteiger partial charge in [0.25, 0.3) is 0 Å². The molecule has 0 atom stereocenters. The Morgan fingerprint density at radius 3 is 2.44 bits per heavy atom. The van der Waals surface area contributed by atoms with Crippen LogP contribution < -0.4 is 5.32 Å². The van der Waals surface area contributed by atoms with Gasteiger partial charge >= 0.3 is 0 Å². The highest BCUT2D eigenvalue weighted by Gasteiger charge is 2.40. The molecule has 1 saturated carbocycles. The summed E-state index contributed by atoms with van der Waals surface area (Å²) in [4.78, 5) is 0. The fraction of sp³-hybridized carbons (Fsp3) is 1.00. The van der Waals surface area contributed by atoms with Crippen LogP contribution in [-0.2, 0) is 0 Å². The molecule has 1 nitrogen and oxygen atoms in total. The number of rotatable bonds is 2. The van der Waals surface area contributed by atoms with Gasteiger partial charge in [0.2, 0.25) is 0 Å². The number of nitrogens with one attached hydrogen (secondary N) is 1. The minimum Gasteiger partial charge on any atom is -0.316 e. The third-order valence-electron chi connectivity index (χ3n) is 2.75. The van der Waals surface area contributed by atoms with Crippen LogP contribution in [0.3, 0.4) is 0 Å². The summed E-state index contributed by atoms with van der Waals surface area (Å²) in [6.07, 6.45) is 4.47. The Morgan fingerprint density at radius 2 is 2.11 bits per heavy atom. The van der Waals surface area contributed by atoms with Crippen LogP contribution in [0, 0.1) is 11.3 Å². The summed E-state index contributed by atoms with van der Waals surface area (Å²) in [5.74, 6) is 1.03. The van der Waals surface area contributed by atoms with Gasteiger partial charge in [0.1, 0.15) is 0 Å². The molecule has 0 unspecified atom stereocenters. The predicted molar refractivity (Wildman–Crippen MR) is 38.3 cm³/mol. The van der Waals surface area contributed by atoms with E-state index in [4.69, 9.17) is 0 Å². The van der Waals surface area contributed by atoms with Crippen LogP contribution in [0.1, 0.15) is 26.2 Å². The van der Waals surface area contributed by atoms with E-state index in [1.807, 2.05) is 0 Å². The molecular weight excluding hydrogens is 110 g/mol. The molecule has 1 N–H and O–H groups in total. The van der Waals surface area contributed by atoms with Crippen molar-refractivity contribution in [1.29, 1.82) is 0 Å². The molecule has 0 bridgehead atoms. The second kappa shape index (κ2) is 1.72. The van der Waals surface area contributed by atoms with Crippen LogP contribution in [0.15, 0.2) is 0 Å². The van der Waals surface area contributed by atoms with Gasteiger partial charge in [-0.1, -0.05) is 6.92 Å². The van der Waals surface area contributed by atoms with Crippen LogP contribution in [0.25, 0.3) is 0 Å². The van der Waals surface area contributed by atoms with Crippen molar-refractivity contribution in [1.82, 2.24) is 5.32 Å². The fourth-order valence-electron chi connectivity index (χ4n) is 1.61. The van der Waals surface area contributed by atoms with Crippen molar-refractivity contribution in [2.75, 3.05) is 13.1 Å². The molecule has 1 heteroatoms. The molecule has 0 radical (unpaired) electrons. The SMILES string of the molecule is CC1(CC2CNC2)CC1. The molecular formula is C8H15N. The average Bonchev–Trinajstić information content (AvgIpc) is 2.39. The van der Waals surface area contributed by atoms with E-state index >= 15 is 0 Å². The van der Waals surface area contributed by atoms with Gasteiger partial charge in [0.05, 0.1) is 0 Å². The Labute approximate surface area is 56.8 Å². The standard InChI is InChI=1S/C8H15N/c1-8(2-3-8)4-7-5-9-6-7/h7,9H,2-6H2,1H3. The van der Waals surface area contributed by atoms with Gasteiger partial charge in [0.15, 0.2) is 0 Å². The topological polar surface area (TPSA) is 12.0 Å². The molecule has 0 aromatic carbocycles. The van der Waals surface area contributed by atoms with Crippen LogP contribution >= 0.6 is 0 Å². The molecule has 2 rings (SSSR count). The van der Waals surface area contributed by atoms with Gasteiger partial charge in [-0.2, -0.15) is 0 Å². The molecule has 52 valence electrons. The maximum Gasteiger partial charge on any atom is -0.000805 e. The molecule has 0 amide bonds. The van der Waals surface area contributed by atoms with Crippen molar-refractivity contribution in [2.45, 2.75) is 26.2 Å². The molecule has 9 heavy (non-hydrogen) atoms. The maximum atomic E-state index is 3.31. The van der Waals surface area contributed by atoms with Crippen molar-refractivity contribution in [3.8, 4) is 0 Å². The molecule has 2 aliphatic rings.